The van der Waals surface area contributed by atoms with Crippen LogP contribution in [0, 0.1) is 6.92 Å². The summed E-state index contributed by atoms with van der Waals surface area (Å²) in [5, 5.41) is 4.12. The monoisotopic (exact) mass is 356 g/mol. The van der Waals surface area contributed by atoms with E-state index in [0.29, 0.717) is 6.54 Å². The van der Waals surface area contributed by atoms with Gasteiger partial charge in [0.05, 0.1) is 6.54 Å². The first-order valence-corrected chi connectivity index (χ1v) is 9.31. The van der Waals surface area contributed by atoms with Gasteiger partial charge in [-0.3, -0.25) is 9.69 Å². The molecular formula is C21H25ClN2O. The first kappa shape index (κ1) is 18.1. The van der Waals surface area contributed by atoms with E-state index in [2.05, 4.69) is 22.3 Å². The summed E-state index contributed by atoms with van der Waals surface area (Å²) in [6.45, 7) is 5.38. The van der Waals surface area contributed by atoms with Crippen LogP contribution in [0.15, 0.2) is 48.5 Å². The molecule has 2 aromatic carbocycles. The molecule has 1 heterocycles. The van der Waals surface area contributed by atoms with Crippen molar-refractivity contribution in [2.75, 3.05) is 26.2 Å². The van der Waals surface area contributed by atoms with Crippen LogP contribution in [0.4, 0.5) is 0 Å². The van der Waals surface area contributed by atoms with Crippen LogP contribution >= 0.6 is 11.6 Å². The molecule has 1 fully saturated rings. The van der Waals surface area contributed by atoms with Crippen LogP contribution in [0.2, 0.25) is 5.02 Å². The van der Waals surface area contributed by atoms with E-state index in [1.165, 1.54) is 24.0 Å². The Balaban J connectivity index is 1.61. The van der Waals surface area contributed by atoms with Crippen molar-refractivity contribution in [3.63, 3.8) is 0 Å². The molecule has 3 nitrogen and oxygen atoms in total. The molecule has 0 bridgehead atoms. The molecule has 132 valence electrons. The number of ketones is 1. The van der Waals surface area contributed by atoms with Crippen molar-refractivity contribution in [2.24, 2.45) is 0 Å². The van der Waals surface area contributed by atoms with Crippen molar-refractivity contribution in [2.45, 2.75) is 25.8 Å². The molecule has 25 heavy (non-hydrogen) atoms. The molecule has 1 unspecified atom stereocenters. The lowest BCUT2D eigenvalue weighted by Crippen LogP contribution is -2.36. The van der Waals surface area contributed by atoms with Gasteiger partial charge in [-0.1, -0.05) is 53.6 Å². The molecule has 1 saturated heterocycles. The molecule has 1 aliphatic heterocycles. The summed E-state index contributed by atoms with van der Waals surface area (Å²) in [6.07, 6.45) is 2.48. The Morgan fingerprint density at radius 2 is 1.72 bits per heavy atom. The smallest absolute Gasteiger partial charge is 0.176 e. The fraction of sp³-hybridized carbons (Fsp3) is 0.381. The van der Waals surface area contributed by atoms with Crippen molar-refractivity contribution in [1.82, 2.24) is 10.2 Å². The number of rotatable bonds is 7. The Morgan fingerprint density at radius 3 is 2.36 bits per heavy atom. The summed E-state index contributed by atoms with van der Waals surface area (Å²) in [4.78, 5) is 14.8. The van der Waals surface area contributed by atoms with Gasteiger partial charge in [0.15, 0.2) is 5.78 Å². The third-order valence-electron chi connectivity index (χ3n) is 4.83. The van der Waals surface area contributed by atoms with Crippen LogP contribution in [0.5, 0.6) is 0 Å². The molecule has 0 aromatic heterocycles. The van der Waals surface area contributed by atoms with Gasteiger partial charge in [-0.05, 0) is 50.6 Å². The Hall–Kier alpha value is -1.68. The lowest BCUT2D eigenvalue weighted by Gasteiger charge is -2.28. The molecule has 2 aromatic rings. The third kappa shape index (κ3) is 4.91. The summed E-state index contributed by atoms with van der Waals surface area (Å²) in [7, 11) is 0. The van der Waals surface area contributed by atoms with Crippen LogP contribution in [-0.4, -0.2) is 36.9 Å². The summed E-state index contributed by atoms with van der Waals surface area (Å²) in [6, 6.07) is 16.1. The van der Waals surface area contributed by atoms with E-state index in [1.54, 1.807) is 0 Å². The Morgan fingerprint density at radius 1 is 1.08 bits per heavy atom. The second-order valence-electron chi connectivity index (χ2n) is 6.73. The molecule has 1 atom stereocenters. The van der Waals surface area contributed by atoms with E-state index >= 15 is 0 Å². The number of benzene rings is 2. The summed E-state index contributed by atoms with van der Waals surface area (Å²) in [5.74, 6) is 0.135. The van der Waals surface area contributed by atoms with Crippen molar-refractivity contribution in [1.29, 1.82) is 0 Å². The zero-order valence-electron chi connectivity index (χ0n) is 14.7. The minimum Gasteiger partial charge on any atom is -0.308 e. The number of likely N-dealkylation sites (tertiary alicyclic amines) is 1. The molecule has 1 aliphatic rings. The van der Waals surface area contributed by atoms with Gasteiger partial charge in [0.2, 0.25) is 0 Å². The maximum absolute atomic E-state index is 12.3. The van der Waals surface area contributed by atoms with Gasteiger partial charge >= 0.3 is 0 Å². The SMILES string of the molecule is Cc1ccc(C(=O)CNCC(c2ccc(Cl)cc2)N2CCCC2)cc1. The molecule has 3 rings (SSSR count). The topological polar surface area (TPSA) is 32.3 Å². The molecule has 0 amide bonds. The number of hydrogen-bond acceptors (Lipinski definition) is 3. The number of carbonyl (C=O) groups excluding carboxylic acids is 1. The molecule has 0 spiro atoms. The Bertz CT molecular complexity index is 691. The minimum atomic E-state index is 0.135. The van der Waals surface area contributed by atoms with Crippen LogP contribution in [0.3, 0.4) is 0 Å². The molecule has 4 heteroatoms. The first-order chi connectivity index (χ1) is 12.1. The largest absolute Gasteiger partial charge is 0.308 e. The van der Waals surface area contributed by atoms with Crippen molar-refractivity contribution < 1.29 is 4.79 Å². The predicted octanol–water partition coefficient (Wildman–Crippen LogP) is 4.26. The number of carbonyl (C=O) groups is 1. The number of aryl methyl sites for hydroxylation is 1. The highest BCUT2D eigenvalue weighted by molar-refractivity contribution is 6.30. The van der Waals surface area contributed by atoms with Crippen molar-refractivity contribution in [3.05, 3.63) is 70.2 Å². The highest BCUT2D eigenvalue weighted by atomic mass is 35.5. The number of Topliss-reactive ketones (excluding diaryl/α,β-unsaturated/α-hetero) is 1. The van der Waals surface area contributed by atoms with Gasteiger partial charge in [0.25, 0.3) is 0 Å². The van der Waals surface area contributed by atoms with Gasteiger partial charge in [0.1, 0.15) is 0 Å². The number of halogens is 1. The van der Waals surface area contributed by atoms with Crippen LogP contribution in [0.1, 0.15) is 40.4 Å². The summed E-state index contributed by atoms with van der Waals surface area (Å²) >= 11 is 6.03. The molecule has 1 N–H and O–H groups in total. The number of nitrogens with zero attached hydrogens (tertiary/aromatic N) is 1. The first-order valence-electron chi connectivity index (χ1n) is 8.93. The van der Waals surface area contributed by atoms with Crippen LogP contribution < -0.4 is 5.32 Å². The fourth-order valence-electron chi connectivity index (χ4n) is 3.36. The van der Waals surface area contributed by atoms with E-state index in [-0.39, 0.29) is 11.8 Å². The third-order valence-corrected chi connectivity index (χ3v) is 5.08. The minimum absolute atomic E-state index is 0.135. The normalized spacial score (nSPS) is 16.1. The van der Waals surface area contributed by atoms with Crippen LogP contribution in [0.25, 0.3) is 0 Å². The fourth-order valence-corrected chi connectivity index (χ4v) is 3.49. The summed E-state index contributed by atoms with van der Waals surface area (Å²) < 4.78 is 0. The number of hydrogen-bond donors (Lipinski definition) is 1. The average Bonchev–Trinajstić information content (AvgIpc) is 3.14. The van der Waals surface area contributed by atoms with E-state index < -0.39 is 0 Å². The average molecular weight is 357 g/mol. The van der Waals surface area contributed by atoms with Gasteiger partial charge in [-0.25, -0.2) is 0 Å². The Kier molecular flexibility index (Phi) is 6.24. The Labute approximate surface area is 155 Å². The van der Waals surface area contributed by atoms with Gasteiger partial charge in [0, 0.05) is 23.2 Å². The lowest BCUT2D eigenvalue weighted by atomic mass is 10.0. The second kappa shape index (κ2) is 8.61. The van der Waals surface area contributed by atoms with E-state index in [0.717, 1.165) is 30.2 Å². The summed E-state index contributed by atoms with van der Waals surface area (Å²) in [5.41, 5.74) is 3.19. The zero-order valence-corrected chi connectivity index (χ0v) is 15.4. The second-order valence-corrected chi connectivity index (χ2v) is 7.17. The van der Waals surface area contributed by atoms with Crippen molar-refractivity contribution in [3.8, 4) is 0 Å². The van der Waals surface area contributed by atoms with Crippen molar-refractivity contribution >= 4 is 17.4 Å². The highest BCUT2D eigenvalue weighted by Crippen LogP contribution is 2.25. The highest BCUT2D eigenvalue weighted by Gasteiger charge is 2.23. The quantitative estimate of drug-likeness (QED) is 0.752. The van der Waals surface area contributed by atoms with Gasteiger partial charge < -0.3 is 5.32 Å². The van der Waals surface area contributed by atoms with E-state index in [9.17, 15) is 4.79 Å². The van der Waals surface area contributed by atoms with E-state index in [1.807, 2.05) is 43.3 Å². The standard InChI is InChI=1S/C21H25ClN2O/c1-16-4-6-18(7-5-16)21(25)15-23-14-20(24-12-2-3-13-24)17-8-10-19(22)11-9-17/h4-11,20,23H,2-3,12-15H2,1H3. The van der Waals surface area contributed by atoms with Crippen LogP contribution in [-0.2, 0) is 0 Å². The molecule has 0 aliphatic carbocycles. The predicted molar refractivity (Wildman–Crippen MR) is 103 cm³/mol. The maximum atomic E-state index is 12.3. The number of nitrogens with one attached hydrogen (secondary N) is 1. The van der Waals surface area contributed by atoms with E-state index in [4.69, 9.17) is 11.6 Å². The van der Waals surface area contributed by atoms with Gasteiger partial charge in [-0.2, -0.15) is 0 Å². The maximum Gasteiger partial charge on any atom is 0.176 e. The molecular weight excluding hydrogens is 332 g/mol. The lowest BCUT2D eigenvalue weighted by molar-refractivity contribution is 0.0987. The molecule has 0 radical (unpaired) electrons. The van der Waals surface area contributed by atoms with Gasteiger partial charge in [-0.15, -0.1) is 0 Å². The molecule has 0 saturated carbocycles. The zero-order chi connectivity index (χ0) is 17.6.